The molecule has 1 aromatic carbocycles. The van der Waals surface area contributed by atoms with E-state index in [-0.39, 0.29) is 24.0 Å². The van der Waals surface area contributed by atoms with Gasteiger partial charge in [-0.1, -0.05) is 19.3 Å². The largest absolute Gasteiger partial charge is 0.464 e. The van der Waals surface area contributed by atoms with Crippen molar-refractivity contribution in [3.63, 3.8) is 0 Å². The molecule has 0 saturated heterocycles. The lowest BCUT2D eigenvalue weighted by atomic mass is 9.81. The van der Waals surface area contributed by atoms with E-state index < -0.39 is 5.54 Å². The molecule has 1 amide bonds. The van der Waals surface area contributed by atoms with Crippen LogP contribution in [0.5, 0.6) is 0 Å². The third-order valence-corrected chi connectivity index (χ3v) is 6.02. The number of hydrogen-bond acceptors (Lipinski definition) is 6. The molecular weight excluding hydrogens is 418 g/mol. The molecule has 2 aromatic rings. The second kappa shape index (κ2) is 10.2. The number of nitrogens with zero attached hydrogens (tertiary/aromatic N) is 1. The minimum atomic E-state index is -1.00. The summed E-state index contributed by atoms with van der Waals surface area (Å²) in [7, 11) is 1.61. The average Bonchev–Trinajstić information content (AvgIpc) is 2.76. The molecule has 1 aromatic heterocycles. The molecule has 0 spiro atoms. The van der Waals surface area contributed by atoms with E-state index in [4.69, 9.17) is 21.7 Å². The van der Waals surface area contributed by atoms with Crippen molar-refractivity contribution in [1.82, 2.24) is 14.9 Å². The van der Waals surface area contributed by atoms with Gasteiger partial charge in [-0.05, 0) is 56.6 Å². The quantitative estimate of drug-likeness (QED) is 0.366. The standard InChI is InChI=1S/C22H29N3O5S/c1-3-30-20(28)22(10-5-4-6-11-22)24-18(26)15-8-9-16-17(14-15)23-21(31)25(19(16)27)12-7-13-29-2/h8-9,14H,3-7,10-13H2,1-2H3,(H,23,31)(H,24,26). The minimum Gasteiger partial charge on any atom is -0.464 e. The molecule has 0 unspecified atom stereocenters. The highest BCUT2D eigenvalue weighted by atomic mass is 32.1. The van der Waals surface area contributed by atoms with Gasteiger partial charge in [-0.3, -0.25) is 14.2 Å². The van der Waals surface area contributed by atoms with E-state index in [1.54, 1.807) is 32.2 Å². The first kappa shape index (κ1) is 23.1. The molecule has 1 fully saturated rings. The van der Waals surface area contributed by atoms with Crippen LogP contribution >= 0.6 is 12.2 Å². The predicted molar refractivity (Wildman–Crippen MR) is 120 cm³/mol. The van der Waals surface area contributed by atoms with Crippen LogP contribution in [0.3, 0.4) is 0 Å². The van der Waals surface area contributed by atoms with Crippen molar-refractivity contribution in [3.8, 4) is 0 Å². The zero-order chi connectivity index (χ0) is 22.4. The van der Waals surface area contributed by atoms with Crippen LogP contribution in [0.15, 0.2) is 23.0 Å². The van der Waals surface area contributed by atoms with Gasteiger partial charge in [0.2, 0.25) is 0 Å². The van der Waals surface area contributed by atoms with Crippen molar-refractivity contribution in [2.75, 3.05) is 20.3 Å². The van der Waals surface area contributed by atoms with Crippen LogP contribution in [0.25, 0.3) is 10.9 Å². The Morgan fingerprint density at radius 3 is 2.68 bits per heavy atom. The summed E-state index contributed by atoms with van der Waals surface area (Å²) in [6.45, 7) is 2.99. The molecule has 1 aliphatic carbocycles. The molecule has 8 nitrogen and oxygen atoms in total. The first-order valence-electron chi connectivity index (χ1n) is 10.7. The summed E-state index contributed by atoms with van der Waals surface area (Å²) in [5, 5.41) is 3.37. The van der Waals surface area contributed by atoms with Gasteiger partial charge in [0.25, 0.3) is 11.5 Å². The predicted octanol–water partition coefficient (Wildman–Crippen LogP) is 3.09. The first-order valence-corrected chi connectivity index (χ1v) is 11.1. The molecule has 31 heavy (non-hydrogen) atoms. The number of esters is 1. The fourth-order valence-electron chi connectivity index (χ4n) is 4.06. The maximum atomic E-state index is 13.0. The van der Waals surface area contributed by atoms with Gasteiger partial charge in [-0.2, -0.15) is 0 Å². The first-order chi connectivity index (χ1) is 14.9. The van der Waals surface area contributed by atoms with E-state index in [0.29, 0.717) is 53.7 Å². The van der Waals surface area contributed by atoms with Crippen LogP contribution in [-0.2, 0) is 20.8 Å². The van der Waals surface area contributed by atoms with Crippen LogP contribution in [0.1, 0.15) is 55.8 Å². The summed E-state index contributed by atoms with van der Waals surface area (Å²) < 4.78 is 12.1. The monoisotopic (exact) mass is 447 g/mol. The summed E-state index contributed by atoms with van der Waals surface area (Å²) in [6, 6.07) is 4.81. The summed E-state index contributed by atoms with van der Waals surface area (Å²) >= 11 is 5.34. The Bertz CT molecular complexity index is 1070. The number of methoxy groups -OCH3 is 1. The lowest BCUT2D eigenvalue weighted by molar-refractivity contribution is -0.152. The highest BCUT2D eigenvalue weighted by Gasteiger charge is 2.42. The second-order valence-corrected chi connectivity index (χ2v) is 8.20. The lowest BCUT2D eigenvalue weighted by Crippen LogP contribution is -2.56. The number of amides is 1. The second-order valence-electron chi connectivity index (χ2n) is 7.81. The molecular formula is C22H29N3O5S. The third-order valence-electron chi connectivity index (χ3n) is 5.70. The fraction of sp³-hybridized carbons (Fsp3) is 0.545. The number of aromatic nitrogens is 2. The summed E-state index contributed by atoms with van der Waals surface area (Å²) in [5.41, 5.74) is -0.377. The van der Waals surface area contributed by atoms with E-state index in [1.807, 2.05) is 0 Å². The molecule has 0 atom stereocenters. The molecule has 168 valence electrons. The van der Waals surface area contributed by atoms with E-state index >= 15 is 0 Å². The van der Waals surface area contributed by atoms with E-state index in [9.17, 15) is 14.4 Å². The Hall–Kier alpha value is -2.52. The van der Waals surface area contributed by atoms with Crippen molar-refractivity contribution in [3.05, 3.63) is 38.9 Å². The van der Waals surface area contributed by atoms with Gasteiger partial charge < -0.3 is 19.8 Å². The summed E-state index contributed by atoms with van der Waals surface area (Å²) in [5.74, 6) is -0.761. The topological polar surface area (TPSA) is 102 Å². The van der Waals surface area contributed by atoms with Gasteiger partial charge in [0, 0.05) is 25.8 Å². The maximum Gasteiger partial charge on any atom is 0.331 e. The number of fused-ring (bicyclic) bond motifs is 1. The van der Waals surface area contributed by atoms with Gasteiger partial charge in [-0.25, -0.2) is 4.79 Å². The Morgan fingerprint density at radius 1 is 1.26 bits per heavy atom. The molecule has 1 saturated carbocycles. The molecule has 0 radical (unpaired) electrons. The van der Waals surface area contributed by atoms with Crippen molar-refractivity contribution >= 4 is 35.0 Å². The Kier molecular flexibility index (Phi) is 7.61. The van der Waals surface area contributed by atoms with Gasteiger partial charge in [0.05, 0.1) is 17.5 Å². The van der Waals surface area contributed by atoms with Gasteiger partial charge >= 0.3 is 5.97 Å². The normalized spacial score (nSPS) is 15.5. The van der Waals surface area contributed by atoms with E-state index in [0.717, 1.165) is 19.3 Å². The minimum absolute atomic E-state index is 0.211. The van der Waals surface area contributed by atoms with Crippen molar-refractivity contribution < 1.29 is 19.1 Å². The number of nitrogens with one attached hydrogen (secondary N) is 2. The van der Waals surface area contributed by atoms with Crippen molar-refractivity contribution in [1.29, 1.82) is 0 Å². The van der Waals surface area contributed by atoms with Crippen LogP contribution in [-0.4, -0.2) is 47.3 Å². The number of aromatic amines is 1. The van der Waals surface area contributed by atoms with Crippen LogP contribution in [0.2, 0.25) is 0 Å². The van der Waals surface area contributed by atoms with Gasteiger partial charge in [0.15, 0.2) is 4.77 Å². The molecule has 0 aliphatic heterocycles. The van der Waals surface area contributed by atoms with E-state index in [1.165, 1.54) is 4.57 Å². The number of hydrogen-bond donors (Lipinski definition) is 2. The number of rotatable bonds is 8. The highest BCUT2D eigenvalue weighted by Crippen LogP contribution is 2.30. The number of benzene rings is 1. The molecule has 1 heterocycles. The lowest BCUT2D eigenvalue weighted by Gasteiger charge is -2.35. The average molecular weight is 448 g/mol. The molecule has 0 bridgehead atoms. The van der Waals surface area contributed by atoms with Gasteiger partial charge in [0.1, 0.15) is 5.54 Å². The summed E-state index contributed by atoms with van der Waals surface area (Å²) in [6.07, 6.45) is 4.51. The highest BCUT2D eigenvalue weighted by molar-refractivity contribution is 7.71. The number of carbonyl (C=O) groups excluding carboxylic acids is 2. The molecule has 1 aliphatic rings. The molecule has 9 heteroatoms. The van der Waals surface area contributed by atoms with E-state index in [2.05, 4.69) is 10.3 Å². The number of ether oxygens (including phenoxy) is 2. The fourth-order valence-corrected chi connectivity index (χ4v) is 4.34. The van der Waals surface area contributed by atoms with Crippen LogP contribution < -0.4 is 10.9 Å². The van der Waals surface area contributed by atoms with Crippen molar-refractivity contribution in [2.24, 2.45) is 0 Å². The number of H-pyrrole nitrogens is 1. The molecule has 2 N–H and O–H groups in total. The van der Waals surface area contributed by atoms with Crippen LogP contribution in [0.4, 0.5) is 0 Å². The summed E-state index contributed by atoms with van der Waals surface area (Å²) in [4.78, 5) is 41.5. The Morgan fingerprint density at radius 2 is 2.00 bits per heavy atom. The zero-order valence-electron chi connectivity index (χ0n) is 18.0. The zero-order valence-corrected chi connectivity index (χ0v) is 18.8. The van der Waals surface area contributed by atoms with Crippen molar-refractivity contribution in [2.45, 2.75) is 57.5 Å². The Labute approximate surface area is 185 Å². The van der Waals surface area contributed by atoms with Crippen LogP contribution in [0, 0.1) is 4.77 Å². The SMILES string of the molecule is CCOC(=O)C1(NC(=O)c2ccc3c(=O)n(CCCOC)c(=S)[nH]c3c2)CCCCC1. The Balaban J connectivity index is 1.89. The smallest absolute Gasteiger partial charge is 0.331 e. The third kappa shape index (κ3) is 5.04. The maximum absolute atomic E-state index is 13.0. The number of carbonyl (C=O) groups is 2. The van der Waals surface area contributed by atoms with Gasteiger partial charge in [-0.15, -0.1) is 0 Å². The molecule has 3 rings (SSSR count).